The minimum atomic E-state index is 0.0466. The van der Waals surface area contributed by atoms with Gasteiger partial charge in [0.15, 0.2) is 0 Å². The Balaban J connectivity index is 1.40. The number of methoxy groups -OCH3 is 1. The molecule has 4 heterocycles. The lowest BCUT2D eigenvalue weighted by Gasteiger charge is -2.48. The number of ether oxygens (including phenoxy) is 1. The van der Waals surface area contributed by atoms with E-state index in [9.17, 15) is 4.79 Å². The summed E-state index contributed by atoms with van der Waals surface area (Å²) in [5.74, 6) is 1.50. The molecule has 2 fully saturated rings. The first-order valence-corrected chi connectivity index (χ1v) is 8.42. The average molecular weight is 331 g/mol. The maximum absolute atomic E-state index is 12.4. The molecule has 2 saturated heterocycles. The Morgan fingerprint density at radius 1 is 1.30 bits per heavy atom. The minimum absolute atomic E-state index is 0.0466. The molecule has 4 rings (SSSR count). The van der Waals surface area contributed by atoms with Crippen LogP contribution in [0.5, 0.6) is 5.88 Å². The van der Waals surface area contributed by atoms with Crippen LogP contribution in [0.2, 0.25) is 0 Å². The van der Waals surface area contributed by atoms with Crippen molar-refractivity contribution in [2.75, 3.05) is 38.2 Å². The third kappa shape index (κ3) is 2.52. The second kappa shape index (κ2) is 5.45. The van der Waals surface area contributed by atoms with E-state index in [1.807, 2.05) is 16.3 Å². The highest BCUT2D eigenvalue weighted by atomic mass is 32.1. The van der Waals surface area contributed by atoms with Crippen molar-refractivity contribution in [3.63, 3.8) is 0 Å². The number of carbonyl (C=O) groups is 1. The van der Waals surface area contributed by atoms with Gasteiger partial charge in [0.1, 0.15) is 17.8 Å². The van der Waals surface area contributed by atoms with Crippen molar-refractivity contribution in [3.05, 3.63) is 29.0 Å². The molecule has 1 amide bonds. The van der Waals surface area contributed by atoms with E-state index in [2.05, 4.69) is 19.9 Å². The zero-order chi connectivity index (χ0) is 15.9. The maximum Gasteiger partial charge on any atom is 0.273 e. The number of nitrogens with zero attached hydrogens (tertiary/aromatic N) is 5. The second-order valence-electron chi connectivity index (χ2n) is 6.13. The molecule has 0 atom stereocenters. The van der Waals surface area contributed by atoms with E-state index in [0.29, 0.717) is 11.6 Å². The van der Waals surface area contributed by atoms with Gasteiger partial charge in [-0.1, -0.05) is 0 Å². The monoisotopic (exact) mass is 331 g/mol. The van der Waals surface area contributed by atoms with E-state index >= 15 is 0 Å². The van der Waals surface area contributed by atoms with E-state index in [0.717, 1.165) is 38.4 Å². The van der Waals surface area contributed by atoms with Crippen LogP contribution >= 0.6 is 11.3 Å². The summed E-state index contributed by atoms with van der Waals surface area (Å²) in [5.41, 5.74) is 2.44. The lowest BCUT2D eigenvalue weighted by Crippen LogP contribution is -2.58. The minimum Gasteiger partial charge on any atom is -0.481 e. The van der Waals surface area contributed by atoms with Crippen LogP contribution in [0.4, 0.5) is 5.82 Å². The van der Waals surface area contributed by atoms with E-state index in [4.69, 9.17) is 4.74 Å². The van der Waals surface area contributed by atoms with Crippen LogP contribution < -0.4 is 9.64 Å². The van der Waals surface area contributed by atoms with E-state index < -0.39 is 0 Å². The topological polar surface area (TPSA) is 71.5 Å². The van der Waals surface area contributed by atoms with Gasteiger partial charge in [0.25, 0.3) is 5.91 Å². The lowest BCUT2D eigenvalue weighted by atomic mass is 9.79. The van der Waals surface area contributed by atoms with Crippen molar-refractivity contribution >= 4 is 23.1 Å². The fraction of sp³-hybridized carbons (Fsp3) is 0.467. The van der Waals surface area contributed by atoms with E-state index in [1.54, 1.807) is 12.6 Å². The Bertz CT molecular complexity index is 714. The number of thiazole rings is 1. The number of likely N-dealkylation sites (tertiary alicyclic amines) is 1. The molecule has 0 radical (unpaired) electrons. The molecule has 1 spiro atoms. The Kier molecular flexibility index (Phi) is 3.41. The van der Waals surface area contributed by atoms with Gasteiger partial charge >= 0.3 is 0 Å². The van der Waals surface area contributed by atoms with Gasteiger partial charge < -0.3 is 14.5 Å². The first-order chi connectivity index (χ1) is 11.2. The van der Waals surface area contributed by atoms with Crippen LogP contribution in [0, 0.1) is 5.41 Å². The second-order valence-corrected chi connectivity index (χ2v) is 6.84. The first kappa shape index (κ1) is 14.4. The standard InChI is InChI=1S/C15H17N5O2S/c1-22-13-4-12(16-9-17-13)20-7-15(8-20)2-3-19(6-15)14(21)11-5-23-10-18-11/h4-5,9-10H,2-3,6-8H2,1H3. The van der Waals surface area contributed by atoms with Gasteiger partial charge in [-0.25, -0.2) is 15.0 Å². The van der Waals surface area contributed by atoms with Gasteiger partial charge in [-0.3, -0.25) is 4.79 Å². The molecular formula is C15H17N5O2S. The summed E-state index contributed by atoms with van der Waals surface area (Å²) in [7, 11) is 1.60. The number of carbonyl (C=O) groups excluding carboxylic acids is 1. The van der Waals surface area contributed by atoms with Gasteiger partial charge in [-0.05, 0) is 6.42 Å². The van der Waals surface area contributed by atoms with Crippen LogP contribution in [0.1, 0.15) is 16.9 Å². The molecule has 0 bridgehead atoms. The van der Waals surface area contributed by atoms with Crippen molar-refractivity contribution in [2.45, 2.75) is 6.42 Å². The molecule has 0 unspecified atom stereocenters. The van der Waals surface area contributed by atoms with Gasteiger partial charge in [0.05, 0.1) is 12.6 Å². The number of amides is 1. The lowest BCUT2D eigenvalue weighted by molar-refractivity contribution is 0.0758. The highest BCUT2D eigenvalue weighted by molar-refractivity contribution is 7.07. The van der Waals surface area contributed by atoms with Crippen molar-refractivity contribution in [3.8, 4) is 5.88 Å². The van der Waals surface area contributed by atoms with Crippen LogP contribution in [0.15, 0.2) is 23.3 Å². The van der Waals surface area contributed by atoms with Gasteiger partial charge in [-0.15, -0.1) is 11.3 Å². The number of hydrogen-bond donors (Lipinski definition) is 0. The Labute approximate surface area is 137 Å². The predicted octanol–water partition coefficient (Wildman–Crippen LogP) is 1.29. The molecule has 2 aromatic rings. The quantitative estimate of drug-likeness (QED) is 0.844. The number of rotatable bonds is 3. The summed E-state index contributed by atoms with van der Waals surface area (Å²) < 4.78 is 5.14. The number of anilines is 1. The summed E-state index contributed by atoms with van der Waals surface area (Å²) in [6.45, 7) is 3.42. The highest BCUT2D eigenvalue weighted by Crippen LogP contribution is 2.41. The van der Waals surface area contributed by atoms with Gasteiger partial charge in [0, 0.05) is 43.0 Å². The molecule has 0 aromatic carbocycles. The molecule has 0 saturated carbocycles. The van der Waals surface area contributed by atoms with E-state index in [1.165, 1.54) is 17.7 Å². The summed E-state index contributed by atoms with van der Waals surface area (Å²) in [5, 5.41) is 1.81. The van der Waals surface area contributed by atoms with Crippen molar-refractivity contribution in [1.29, 1.82) is 0 Å². The SMILES string of the molecule is COc1cc(N2CC3(CCN(C(=O)c4cscn4)C3)C2)ncn1. The molecule has 23 heavy (non-hydrogen) atoms. The zero-order valence-electron chi connectivity index (χ0n) is 12.8. The molecular weight excluding hydrogens is 314 g/mol. The summed E-state index contributed by atoms with van der Waals surface area (Å²) in [6.07, 6.45) is 2.55. The van der Waals surface area contributed by atoms with Gasteiger partial charge in [-0.2, -0.15) is 0 Å². The molecule has 0 aliphatic carbocycles. The summed E-state index contributed by atoms with van der Waals surface area (Å²) in [6, 6.07) is 1.85. The fourth-order valence-electron chi connectivity index (χ4n) is 3.39. The number of aromatic nitrogens is 3. The highest BCUT2D eigenvalue weighted by Gasteiger charge is 2.49. The summed E-state index contributed by atoms with van der Waals surface area (Å²) in [4.78, 5) is 29.0. The fourth-order valence-corrected chi connectivity index (χ4v) is 3.91. The number of hydrogen-bond acceptors (Lipinski definition) is 7. The summed E-state index contributed by atoms with van der Waals surface area (Å²) >= 11 is 1.45. The molecule has 7 nitrogen and oxygen atoms in total. The Hall–Kier alpha value is -2.22. The molecule has 2 aliphatic rings. The third-order valence-corrected chi connectivity index (χ3v) is 5.18. The normalized spacial score (nSPS) is 19.0. The largest absolute Gasteiger partial charge is 0.481 e. The smallest absolute Gasteiger partial charge is 0.273 e. The van der Waals surface area contributed by atoms with Gasteiger partial charge in [0.2, 0.25) is 5.88 Å². The molecule has 0 N–H and O–H groups in total. The first-order valence-electron chi connectivity index (χ1n) is 7.48. The van der Waals surface area contributed by atoms with Crippen molar-refractivity contribution < 1.29 is 9.53 Å². The predicted molar refractivity (Wildman–Crippen MR) is 85.9 cm³/mol. The Morgan fingerprint density at radius 2 is 2.17 bits per heavy atom. The van der Waals surface area contributed by atoms with Crippen molar-refractivity contribution in [2.24, 2.45) is 5.41 Å². The zero-order valence-corrected chi connectivity index (χ0v) is 13.6. The van der Waals surface area contributed by atoms with Crippen molar-refractivity contribution in [1.82, 2.24) is 19.9 Å². The van der Waals surface area contributed by atoms with E-state index in [-0.39, 0.29) is 11.3 Å². The molecule has 120 valence electrons. The van der Waals surface area contributed by atoms with Crippen LogP contribution in [-0.2, 0) is 0 Å². The third-order valence-electron chi connectivity index (χ3n) is 4.59. The molecule has 2 aromatic heterocycles. The maximum atomic E-state index is 12.4. The van der Waals surface area contributed by atoms with Crippen LogP contribution in [0.25, 0.3) is 0 Å². The molecule has 2 aliphatic heterocycles. The van der Waals surface area contributed by atoms with Crippen LogP contribution in [0.3, 0.4) is 0 Å². The van der Waals surface area contributed by atoms with Crippen LogP contribution in [-0.4, -0.2) is 59.0 Å². The molecule has 8 heteroatoms. The Morgan fingerprint density at radius 3 is 2.91 bits per heavy atom. The average Bonchev–Trinajstić information content (AvgIpc) is 3.22.